The van der Waals surface area contributed by atoms with Gasteiger partial charge in [0.15, 0.2) is 0 Å². The van der Waals surface area contributed by atoms with Gasteiger partial charge in [-0.1, -0.05) is 30.3 Å². The zero-order valence-electron chi connectivity index (χ0n) is 13.1. The number of hydrogen-bond donors (Lipinski definition) is 1. The summed E-state index contributed by atoms with van der Waals surface area (Å²) < 4.78 is 0. The molecule has 0 radical (unpaired) electrons. The summed E-state index contributed by atoms with van der Waals surface area (Å²) in [6.07, 6.45) is 3.91. The first-order valence-corrected chi connectivity index (χ1v) is 7.85. The molecule has 1 amide bonds. The first kappa shape index (κ1) is 15.9. The molecule has 6 nitrogen and oxygen atoms in total. The Hall–Kier alpha value is -3.02. The molecule has 0 spiro atoms. The van der Waals surface area contributed by atoms with Gasteiger partial charge >= 0.3 is 0 Å². The Labute approximate surface area is 139 Å². The number of nitro benzene ring substituents is 1. The molecule has 0 saturated heterocycles. The number of carbonyl (C=O) groups is 1. The van der Waals surface area contributed by atoms with Gasteiger partial charge in [0.1, 0.15) is 0 Å². The van der Waals surface area contributed by atoms with Crippen LogP contribution in [-0.2, 0) is 6.42 Å². The zero-order valence-corrected chi connectivity index (χ0v) is 13.1. The van der Waals surface area contributed by atoms with E-state index in [0.29, 0.717) is 0 Å². The Morgan fingerprint density at radius 3 is 2.71 bits per heavy atom. The van der Waals surface area contributed by atoms with Crippen molar-refractivity contribution in [3.63, 3.8) is 0 Å². The quantitative estimate of drug-likeness (QED) is 0.533. The van der Waals surface area contributed by atoms with E-state index in [9.17, 15) is 14.9 Å². The maximum Gasteiger partial charge on any atom is 0.271 e. The van der Waals surface area contributed by atoms with Gasteiger partial charge in [0.05, 0.1) is 10.6 Å². The number of carbonyl (C=O) groups excluding carboxylic acids is 1. The second-order valence-corrected chi connectivity index (χ2v) is 5.67. The molecule has 0 aromatic heterocycles. The van der Waals surface area contributed by atoms with Crippen LogP contribution in [0.15, 0.2) is 53.6 Å². The number of aryl methyl sites for hydroxylation is 1. The van der Waals surface area contributed by atoms with Crippen LogP contribution in [0.1, 0.15) is 40.7 Å². The number of hydrogen-bond acceptors (Lipinski definition) is 4. The van der Waals surface area contributed by atoms with Crippen LogP contribution in [0.5, 0.6) is 0 Å². The molecular weight excluding hydrogens is 306 g/mol. The molecule has 122 valence electrons. The molecule has 1 aliphatic carbocycles. The Kier molecular flexibility index (Phi) is 4.65. The Balaban J connectivity index is 1.81. The van der Waals surface area contributed by atoms with Crippen molar-refractivity contribution in [3.05, 3.63) is 75.3 Å². The van der Waals surface area contributed by atoms with Crippen molar-refractivity contribution in [3.8, 4) is 0 Å². The Morgan fingerprint density at radius 2 is 1.88 bits per heavy atom. The topological polar surface area (TPSA) is 84.6 Å². The molecule has 2 aromatic carbocycles. The smallest absolute Gasteiger partial charge is 0.267 e. The fraction of sp³-hybridized carbons (Fsp3) is 0.222. The predicted octanol–water partition coefficient (Wildman–Crippen LogP) is 3.46. The molecule has 3 rings (SSSR count). The average molecular weight is 323 g/mol. The van der Waals surface area contributed by atoms with Gasteiger partial charge in [0, 0.05) is 23.3 Å². The summed E-state index contributed by atoms with van der Waals surface area (Å²) in [5, 5.41) is 15.1. The van der Waals surface area contributed by atoms with Gasteiger partial charge in [-0.2, -0.15) is 5.10 Å². The molecule has 1 N–H and O–H groups in total. The van der Waals surface area contributed by atoms with Crippen LogP contribution in [-0.4, -0.2) is 16.5 Å². The van der Waals surface area contributed by atoms with E-state index in [4.69, 9.17) is 0 Å². The molecule has 0 fully saturated rings. The number of non-ortho nitro benzene ring substituents is 1. The lowest BCUT2D eigenvalue weighted by Gasteiger charge is -2.08. The van der Waals surface area contributed by atoms with E-state index in [0.717, 1.165) is 37.0 Å². The van der Waals surface area contributed by atoms with Crippen LogP contribution in [0.2, 0.25) is 0 Å². The maximum absolute atomic E-state index is 12.2. The van der Waals surface area contributed by atoms with Crippen molar-refractivity contribution < 1.29 is 9.72 Å². The fourth-order valence-electron chi connectivity index (χ4n) is 2.82. The minimum atomic E-state index is -0.524. The van der Waals surface area contributed by atoms with Crippen LogP contribution in [0.4, 0.5) is 5.69 Å². The van der Waals surface area contributed by atoms with E-state index in [1.165, 1.54) is 29.8 Å². The van der Waals surface area contributed by atoms with Crippen molar-refractivity contribution in [2.24, 2.45) is 5.10 Å². The number of hydrazone groups is 1. The minimum absolute atomic E-state index is 0.116. The third-order valence-corrected chi connectivity index (χ3v) is 4.05. The summed E-state index contributed by atoms with van der Waals surface area (Å²) in [5.41, 5.74) is 5.78. The number of fused-ring (bicyclic) bond motifs is 1. The number of nitrogens with one attached hydrogen (secondary N) is 1. The van der Waals surface area contributed by atoms with E-state index < -0.39 is 10.8 Å². The molecule has 0 aliphatic heterocycles. The normalized spacial score (nSPS) is 15.4. The van der Waals surface area contributed by atoms with Crippen molar-refractivity contribution in [2.45, 2.75) is 25.7 Å². The second kappa shape index (κ2) is 7.04. The number of amides is 1. The molecule has 0 saturated carbocycles. The van der Waals surface area contributed by atoms with Gasteiger partial charge in [0.2, 0.25) is 0 Å². The molecule has 6 heteroatoms. The Bertz CT molecular complexity index is 815. The SMILES string of the molecule is O=C(N/N=C1/CCCCc2ccccc21)c1cccc([N+](=O)[O-])c1. The fourth-order valence-corrected chi connectivity index (χ4v) is 2.82. The lowest BCUT2D eigenvalue weighted by molar-refractivity contribution is -0.384. The summed E-state index contributed by atoms with van der Waals surface area (Å²) in [6.45, 7) is 0. The largest absolute Gasteiger partial charge is 0.271 e. The molecule has 0 unspecified atom stereocenters. The minimum Gasteiger partial charge on any atom is -0.267 e. The standard InChI is InChI=1S/C18H17N3O3/c22-18(14-8-5-9-15(12-14)21(23)24)20-19-17-11-4-2-7-13-6-1-3-10-16(13)17/h1,3,5-6,8-10,12H,2,4,7,11H2,(H,20,22)/b19-17-. The first-order valence-electron chi connectivity index (χ1n) is 7.85. The van der Waals surface area contributed by atoms with Crippen LogP contribution in [0.3, 0.4) is 0 Å². The molecule has 0 bridgehead atoms. The summed E-state index contributed by atoms with van der Waals surface area (Å²) in [7, 11) is 0. The van der Waals surface area contributed by atoms with E-state index in [-0.39, 0.29) is 11.3 Å². The summed E-state index contributed by atoms with van der Waals surface area (Å²) >= 11 is 0. The molecule has 0 heterocycles. The van der Waals surface area contributed by atoms with Crippen LogP contribution in [0, 0.1) is 10.1 Å². The van der Waals surface area contributed by atoms with Crippen molar-refractivity contribution >= 4 is 17.3 Å². The van der Waals surface area contributed by atoms with E-state index >= 15 is 0 Å². The third kappa shape index (κ3) is 3.48. The second-order valence-electron chi connectivity index (χ2n) is 5.67. The summed E-state index contributed by atoms with van der Waals surface area (Å²) in [6, 6.07) is 13.7. The molecular formula is C18H17N3O3. The van der Waals surface area contributed by atoms with Gasteiger partial charge in [0.25, 0.3) is 11.6 Å². The van der Waals surface area contributed by atoms with Crippen LogP contribution < -0.4 is 5.43 Å². The highest BCUT2D eigenvalue weighted by atomic mass is 16.6. The number of nitro groups is 1. The van der Waals surface area contributed by atoms with Crippen LogP contribution in [0.25, 0.3) is 0 Å². The number of benzene rings is 2. The monoisotopic (exact) mass is 323 g/mol. The van der Waals surface area contributed by atoms with Crippen LogP contribution >= 0.6 is 0 Å². The Morgan fingerprint density at radius 1 is 1.08 bits per heavy atom. The van der Waals surface area contributed by atoms with E-state index in [1.54, 1.807) is 0 Å². The first-order chi connectivity index (χ1) is 11.6. The van der Waals surface area contributed by atoms with Crippen molar-refractivity contribution in [1.82, 2.24) is 5.43 Å². The maximum atomic E-state index is 12.2. The average Bonchev–Trinajstić information content (AvgIpc) is 2.82. The number of nitrogens with zero attached hydrogens (tertiary/aromatic N) is 2. The van der Waals surface area contributed by atoms with E-state index in [1.807, 2.05) is 18.2 Å². The molecule has 2 aromatic rings. The lowest BCUT2D eigenvalue weighted by atomic mass is 10.0. The van der Waals surface area contributed by atoms with Gasteiger partial charge in [-0.15, -0.1) is 0 Å². The third-order valence-electron chi connectivity index (χ3n) is 4.05. The predicted molar refractivity (Wildman–Crippen MR) is 91.1 cm³/mol. The number of rotatable bonds is 3. The van der Waals surface area contributed by atoms with Crippen molar-refractivity contribution in [1.29, 1.82) is 0 Å². The van der Waals surface area contributed by atoms with Crippen molar-refractivity contribution in [2.75, 3.05) is 0 Å². The van der Waals surface area contributed by atoms with E-state index in [2.05, 4.69) is 16.6 Å². The highest BCUT2D eigenvalue weighted by Crippen LogP contribution is 2.21. The molecule has 0 atom stereocenters. The highest BCUT2D eigenvalue weighted by Gasteiger charge is 2.15. The van der Waals surface area contributed by atoms with Gasteiger partial charge in [-0.3, -0.25) is 14.9 Å². The molecule has 24 heavy (non-hydrogen) atoms. The lowest BCUT2D eigenvalue weighted by Crippen LogP contribution is -2.20. The van der Waals surface area contributed by atoms with Gasteiger partial charge < -0.3 is 0 Å². The zero-order chi connectivity index (χ0) is 16.9. The molecule has 1 aliphatic rings. The van der Waals surface area contributed by atoms with Gasteiger partial charge in [-0.05, 0) is 37.3 Å². The summed E-state index contributed by atoms with van der Waals surface area (Å²) in [4.78, 5) is 22.5. The highest BCUT2D eigenvalue weighted by molar-refractivity contribution is 6.03. The summed E-state index contributed by atoms with van der Waals surface area (Å²) in [5.74, 6) is -0.451. The van der Waals surface area contributed by atoms with Gasteiger partial charge in [-0.25, -0.2) is 5.43 Å².